The predicted octanol–water partition coefficient (Wildman–Crippen LogP) is 2.43. The zero-order valence-corrected chi connectivity index (χ0v) is 7.92. The minimum Gasteiger partial charge on any atom is -0.322 e. The van der Waals surface area contributed by atoms with Gasteiger partial charge in [-0.3, -0.25) is 4.79 Å². The van der Waals surface area contributed by atoms with Crippen LogP contribution in [0.4, 0.5) is 5.69 Å². The van der Waals surface area contributed by atoms with Crippen molar-refractivity contribution in [1.82, 2.24) is 0 Å². The van der Waals surface area contributed by atoms with Crippen LogP contribution in [0.3, 0.4) is 0 Å². The molecule has 0 spiro atoms. The van der Waals surface area contributed by atoms with Gasteiger partial charge < -0.3 is 5.32 Å². The van der Waals surface area contributed by atoms with Crippen LogP contribution in [0.2, 0.25) is 0 Å². The third kappa shape index (κ3) is 2.18. The minimum absolute atomic E-state index is 0.169. The molecule has 0 radical (unpaired) electrons. The lowest BCUT2D eigenvalue weighted by Crippen LogP contribution is -2.09. The molecule has 0 atom stereocenters. The van der Waals surface area contributed by atoms with Gasteiger partial charge >= 0.3 is 0 Å². The van der Waals surface area contributed by atoms with Crippen LogP contribution < -0.4 is 5.32 Å². The normalized spacial score (nSPS) is 9.38. The van der Waals surface area contributed by atoms with E-state index >= 15 is 0 Å². The molecule has 0 heterocycles. The number of carbonyl (C=O) groups is 1. The highest BCUT2D eigenvalue weighted by Gasteiger charge is 2.03. The SMILES string of the molecule is C=CC(=O)Nc1c(C)cccc1C. The summed E-state index contributed by atoms with van der Waals surface area (Å²) in [5, 5.41) is 2.77. The molecule has 1 aromatic rings. The van der Waals surface area contributed by atoms with Gasteiger partial charge in [-0.1, -0.05) is 24.8 Å². The summed E-state index contributed by atoms with van der Waals surface area (Å²) < 4.78 is 0. The Balaban J connectivity index is 2.99. The first-order chi connectivity index (χ1) is 6.15. The molecule has 2 heteroatoms. The van der Waals surface area contributed by atoms with Gasteiger partial charge in [0.15, 0.2) is 0 Å². The van der Waals surface area contributed by atoms with Crippen molar-refractivity contribution in [2.75, 3.05) is 5.32 Å². The van der Waals surface area contributed by atoms with Crippen molar-refractivity contribution in [3.8, 4) is 0 Å². The van der Waals surface area contributed by atoms with E-state index in [0.29, 0.717) is 0 Å². The van der Waals surface area contributed by atoms with Gasteiger partial charge in [0.1, 0.15) is 0 Å². The summed E-state index contributed by atoms with van der Waals surface area (Å²) in [6, 6.07) is 5.89. The Kier molecular flexibility index (Phi) is 2.85. The van der Waals surface area contributed by atoms with E-state index in [1.807, 2.05) is 32.0 Å². The number of carbonyl (C=O) groups excluding carboxylic acids is 1. The van der Waals surface area contributed by atoms with Crippen molar-refractivity contribution in [2.45, 2.75) is 13.8 Å². The zero-order valence-electron chi connectivity index (χ0n) is 7.92. The largest absolute Gasteiger partial charge is 0.322 e. The monoisotopic (exact) mass is 175 g/mol. The minimum atomic E-state index is -0.169. The highest BCUT2D eigenvalue weighted by atomic mass is 16.1. The zero-order chi connectivity index (χ0) is 9.84. The van der Waals surface area contributed by atoms with Crippen LogP contribution in [0, 0.1) is 13.8 Å². The fourth-order valence-electron chi connectivity index (χ4n) is 1.19. The maximum atomic E-state index is 11.1. The molecule has 0 saturated carbocycles. The lowest BCUT2D eigenvalue weighted by atomic mass is 10.1. The quantitative estimate of drug-likeness (QED) is 0.687. The van der Waals surface area contributed by atoms with Crippen LogP contribution in [-0.4, -0.2) is 5.91 Å². The molecule has 1 aromatic carbocycles. The number of hydrogen-bond acceptors (Lipinski definition) is 1. The lowest BCUT2D eigenvalue weighted by molar-refractivity contribution is -0.111. The molecular weight excluding hydrogens is 162 g/mol. The lowest BCUT2D eigenvalue weighted by Gasteiger charge is -2.09. The van der Waals surface area contributed by atoms with Gasteiger partial charge in [-0.05, 0) is 31.1 Å². The molecule has 2 nitrogen and oxygen atoms in total. The fourth-order valence-corrected chi connectivity index (χ4v) is 1.19. The number of rotatable bonds is 2. The molecule has 1 rings (SSSR count). The summed E-state index contributed by atoms with van der Waals surface area (Å²) in [4.78, 5) is 11.1. The Morgan fingerprint density at radius 2 is 1.92 bits per heavy atom. The van der Waals surface area contributed by atoms with E-state index in [9.17, 15) is 4.79 Å². The van der Waals surface area contributed by atoms with Crippen molar-refractivity contribution in [1.29, 1.82) is 0 Å². The maximum absolute atomic E-state index is 11.1. The number of anilines is 1. The van der Waals surface area contributed by atoms with E-state index in [4.69, 9.17) is 0 Å². The van der Waals surface area contributed by atoms with Crippen molar-refractivity contribution < 1.29 is 4.79 Å². The first-order valence-electron chi connectivity index (χ1n) is 4.15. The second kappa shape index (κ2) is 3.90. The van der Waals surface area contributed by atoms with Crippen LogP contribution in [0.5, 0.6) is 0 Å². The van der Waals surface area contributed by atoms with Gasteiger partial charge in [-0.2, -0.15) is 0 Å². The van der Waals surface area contributed by atoms with Crippen LogP contribution in [0.25, 0.3) is 0 Å². The van der Waals surface area contributed by atoms with Crippen LogP contribution in [0.1, 0.15) is 11.1 Å². The Hall–Kier alpha value is -1.57. The number of nitrogens with one attached hydrogen (secondary N) is 1. The van der Waals surface area contributed by atoms with Gasteiger partial charge in [0.05, 0.1) is 0 Å². The van der Waals surface area contributed by atoms with Crippen molar-refractivity contribution in [3.63, 3.8) is 0 Å². The van der Waals surface area contributed by atoms with Crippen LogP contribution in [-0.2, 0) is 4.79 Å². The van der Waals surface area contributed by atoms with Crippen molar-refractivity contribution >= 4 is 11.6 Å². The van der Waals surface area contributed by atoms with Gasteiger partial charge in [0, 0.05) is 5.69 Å². The van der Waals surface area contributed by atoms with E-state index in [-0.39, 0.29) is 5.91 Å². The molecule has 0 bridgehead atoms. The third-order valence-electron chi connectivity index (χ3n) is 1.91. The van der Waals surface area contributed by atoms with E-state index in [0.717, 1.165) is 16.8 Å². The molecule has 0 unspecified atom stereocenters. The smallest absolute Gasteiger partial charge is 0.247 e. The average molecular weight is 175 g/mol. The molecule has 13 heavy (non-hydrogen) atoms. The standard InChI is InChI=1S/C11H13NO/c1-4-10(13)12-11-8(2)6-5-7-9(11)3/h4-7H,1H2,2-3H3,(H,12,13). The first-order valence-corrected chi connectivity index (χ1v) is 4.15. The highest BCUT2D eigenvalue weighted by molar-refractivity contribution is 5.99. The van der Waals surface area contributed by atoms with E-state index < -0.39 is 0 Å². The second-order valence-corrected chi connectivity index (χ2v) is 2.96. The second-order valence-electron chi connectivity index (χ2n) is 2.96. The molecule has 0 aliphatic heterocycles. The predicted molar refractivity (Wildman–Crippen MR) is 54.7 cm³/mol. The Morgan fingerprint density at radius 3 is 2.38 bits per heavy atom. The van der Waals surface area contributed by atoms with E-state index in [1.54, 1.807) is 0 Å². The topological polar surface area (TPSA) is 29.1 Å². The Bertz CT molecular complexity index is 322. The van der Waals surface area contributed by atoms with Gasteiger partial charge in [0.25, 0.3) is 0 Å². The first kappa shape index (κ1) is 9.52. The molecule has 0 aliphatic rings. The highest BCUT2D eigenvalue weighted by Crippen LogP contribution is 2.18. The van der Waals surface area contributed by atoms with Crippen LogP contribution in [0.15, 0.2) is 30.9 Å². The molecule has 0 saturated heterocycles. The summed E-state index contributed by atoms with van der Waals surface area (Å²) in [7, 11) is 0. The molecule has 1 amide bonds. The maximum Gasteiger partial charge on any atom is 0.247 e. The number of hydrogen-bond donors (Lipinski definition) is 1. The van der Waals surface area contributed by atoms with E-state index in [1.165, 1.54) is 6.08 Å². The number of aryl methyl sites for hydroxylation is 2. The summed E-state index contributed by atoms with van der Waals surface area (Å²) in [5.74, 6) is -0.169. The van der Waals surface area contributed by atoms with Gasteiger partial charge in [-0.25, -0.2) is 0 Å². The number of amides is 1. The summed E-state index contributed by atoms with van der Waals surface area (Å²) in [5.41, 5.74) is 3.01. The Labute approximate surface area is 78.3 Å². The summed E-state index contributed by atoms with van der Waals surface area (Å²) >= 11 is 0. The fraction of sp³-hybridized carbons (Fsp3) is 0.182. The number of benzene rings is 1. The van der Waals surface area contributed by atoms with E-state index in [2.05, 4.69) is 11.9 Å². The Morgan fingerprint density at radius 1 is 1.38 bits per heavy atom. The molecule has 0 aliphatic carbocycles. The van der Waals surface area contributed by atoms with Gasteiger partial charge in [-0.15, -0.1) is 0 Å². The average Bonchev–Trinajstić information content (AvgIpc) is 2.11. The van der Waals surface area contributed by atoms with Gasteiger partial charge in [0.2, 0.25) is 5.91 Å². The summed E-state index contributed by atoms with van der Waals surface area (Å²) in [6.45, 7) is 7.33. The number of para-hydroxylation sites is 1. The van der Waals surface area contributed by atoms with Crippen molar-refractivity contribution in [2.24, 2.45) is 0 Å². The van der Waals surface area contributed by atoms with Crippen molar-refractivity contribution in [3.05, 3.63) is 42.0 Å². The molecule has 0 fully saturated rings. The molecule has 0 aromatic heterocycles. The molecule has 1 N–H and O–H groups in total. The molecular formula is C11H13NO. The van der Waals surface area contributed by atoms with Crippen LogP contribution >= 0.6 is 0 Å². The summed E-state index contributed by atoms with van der Waals surface area (Å²) in [6.07, 6.45) is 1.27. The third-order valence-corrected chi connectivity index (χ3v) is 1.91. The molecule has 68 valence electrons.